The van der Waals surface area contributed by atoms with Crippen LogP contribution in [0.5, 0.6) is 0 Å². The molecule has 182 valence electrons. The number of carbonyl (C=O) groups excluding carboxylic acids is 4. The second-order valence-electron chi connectivity index (χ2n) is 9.32. The fourth-order valence-electron chi connectivity index (χ4n) is 4.23. The van der Waals surface area contributed by atoms with Crippen LogP contribution in [0.4, 0.5) is 0 Å². The molecule has 0 radical (unpaired) electrons. The second-order valence-corrected chi connectivity index (χ2v) is 10.5. The van der Waals surface area contributed by atoms with Gasteiger partial charge in [-0.1, -0.05) is 44.2 Å². The maximum atomic E-state index is 13.2. The number of fused-ring (bicyclic) bond motifs is 2. The van der Waals surface area contributed by atoms with Crippen LogP contribution in [0.15, 0.2) is 36.5 Å². The Morgan fingerprint density at radius 3 is 2.56 bits per heavy atom. The minimum absolute atomic E-state index is 0.0301. The van der Waals surface area contributed by atoms with Gasteiger partial charge in [0.25, 0.3) is 0 Å². The number of hydrogen-bond acceptors (Lipinski definition) is 7. The highest BCUT2D eigenvalue weighted by molar-refractivity contribution is 7.11. The van der Waals surface area contributed by atoms with Crippen LogP contribution < -0.4 is 0 Å². The highest BCUT2D eigenvalue weighted by atomic mass is 32.1. The Labute approximate surface area is 205 Å². The maximum Gasteiger partial charge on any atom is 0.306 e. The van der Waals surface area contributed by atoms with E-state index in [9.17, 15) is 19.2 Å². The highest BCUT2D eigenvalue weighted by Gasteiger charge is 2.32. The number of nitrogens with zero attached hydrogens (tertiary/aromatic N) is 1. The van der Waals surface area contributed by atoms with Gasteiger partial charge in [0.15, 0.2) is 5.78 Å². The number of ether oxygens (including phenoxy) is 1. The SMILES string of the molecule is CC(C)C(CC(=O)OCc1ccccc1)C(=O)CC1CCc2ncc(s2)CCCCC(=O)C1=O. The van der Waals surface area contributed by atoms with E-state index in [1.54, 1.807) is 11.3 Å². The number of hydrogen-bond donors (Lipinski definition) is 0. The van der Waals surface area contributed by atoms with Crippen molar-refractivity contribution >= 4 is 34.7 Å². The third kappa shape index (κ3) is 7.69. The molecule has 2 unspecified atom stereocenters. The second kappa shape index (κ2) is 12.7. The van der Waals surface area contributed by atoms with Crippen molar-refractivity contribution in [3.05, 3.63) is 52.0 Å². The quantitative estimate of drug-likeness (QED) is 0.391. The zero-order chi connectivity index (χ0) is 24.5. The standard InChI is InChI=1S/C27H33NO5S/c1-18(2)22(15-26(31)33-17-19-8-4-3-5-9-19)24(30)14-20-12-13-25-28-16-21(34-25)10-6-7-11-23(29)27(20)32/h3-5,8-9,16,18,20,22H,6-7,10-15,17H2,1-2H3. The lowest BCUT2D eigenvalue weighted by Gasteiger charge is -2.22. The van der Waals surface area contributed by atoms with Crippen LogP contribution in [0.1, 0.15) is 67.8 Å². The van der Waals surface area contributed by atoms with E-state index in [0.29, 0.717) is 19.3 Å². The summed E-state index contributed by atoms with van der Waals surface area (Å²) in [4.78, 5) is 56.8. The normalized spacial score (nSPS) is 18.1. The Hall–Kier alpha value is -2.67. The van der Waals surface area contributed by atoms with Gasteiger partial charge >= 0.3 is 5.97 Å². The number of aromatic nitrogens is 1. The largest absolute Gasteiger partial charge is 0.461 e. The minimum Gasteiger partial charge on any atom is -0.461 e. The molecule has 6 nitrogen and oxygen atoms in total. The van der Waals surface area contributed by atoms with Gasteiger partial charge in [-0.2, -0.15) is 0 Å². The van der Waals surface area contributed by atoms with Crippen molar-refractivity contribution in [2.24, 2.45) is 17.8 Å². The van der Waals surface area contributed by atoms with Crippen molar-refractivity contribution in [3.63, 3.8) is 0 Å². The van der Waals surface area contributed by atoms with Gasteiger partial charge in [-0.3, -0.25) is 19.2 Å². The number of Topliss-reactive ketones (excluding diaryl/α,β-unsaturated/α-hetero) is 3. The maximum absolute atomic E-state index is 13.2. The van der Waals surface area contributed by atoms with E-state index in [1.165, 1.54) is 4.88 Å². The van der Waals surface area contributed by atoms with Crippen molar-refractivity contribution < 1.29 is 23.9 Å². The third-order valence-corrected chi connectivity index (χ3v) is 7.44. The van der Waals surface area contributed by atoms with Gasteiger partial charge in [-0.25, -0.2) is 4.98 Å². The molecular weight excluding hydrogens is 450 g/mol. The number of carbonyl (C=O) groups is 4. The van der Waals surface area contributed by atoms with Crippen molar-refractivity contribution in [3.8, 4) is 0 Å². The molecule has 7 heteroatoms. The van der Waals surface area contributed by atoms with E-state index in [4.69, 9.17) is 4.74 Å². The minimum atomic E-state index is -0.673. The molecule has 1 aliphatic heterocycles. The molecule has 2 bridgehead atoms. The van der Waals surface area contributed by atoms with Crippen LogP contribution in [0.25, 0.3) is 0 Å². The Morgan fingerprint density at radius 2 is 1.82 bits per heavy atom. The fraction of sp³-hybridized carbons (Fsp3) is 0.519. The Balaban J connectivity index is 1.64. The first-order valence-electron chi connectivity index (χ1n) is 12.1. The average Bonchev–Trinajstić information content (AvgIpc) is 3.28. The summed E-state index contributed by atoms with van der Waals surface area (Å²) in [6.07, 6.45) is 5.36. The molecule has 2 atom stereocenters. The first-order valence-corrected chi connectivity index (χ1v) is 12.9. The van der Waals surface area contributed by atoms with Crippen molar-refractivity contribution in [2.45, 2.75) is 71.8 Å². The zero-order valence-corrected chi connectivity index (χ0v) is 20.8. The molecule has 3 rings (SSSR count). The summed E-state index contributed by atoms with van der Waals surface area (Å²) in [5, 5.41) is 0.929. The highest BCUT2D eigenvalue weighted by Crippen LogP contribution is 2.26. The number of ketones is 3. The molecule has 0 spiro atoms. The lowest BCUT2D eigenvalue weighted by Crippen LogP contribution is -2.31. The predicted molar refractivity (Wildman–Crippen MR) is 130 cm³/mol. The van der Waals surface area contributed by atoms with Crippen LogP contribution in [0, 0.1) is 17.8 Å². The van der Waals surface area contributed by atoms with Crippen molar-refractivity contribution in [2.75, 3.05) is 0 Å². The number of esters is 1. The molecule has 1 aromatic carbocycles. The van der Waals surface area contributed by atoms with Gasteiger partial charge in [0, 0.05) is 42.2 Å². The molecule has 0 amide bonds. The van der Waals surface area contributed by atoms with Crippen molar-refractivity contribution in [1.82, 2.24) is 4.98 Å². The number of benzene rings is 1. The Bertz CT molecular complexity index is 997. The van der Waals surface area contributed by atoms with Gasteiger partial charge in [-0.05, 0) is 37.2 Å². The van der Waals surface area contributed by atoms with Crippen molar-refractivity contribution in [1.29, 1.82) is 0 Å². The van der Waals surface area contributed by atoms with E-state index < -0.39 is 29.4 Å². The summed E-state index contributed by atoms with van der Waals surface area (Å²) in [6.45, 7) is 3.93. The predicted octanol–water partition coefficient (Wildman–Crippen LogP) is 4.92. The van der Waals surface area contributed by atoms with E-state index in [0.717, 1.165) is 23.4 Å². The van der Waals surface area contributed by atoms with Crippen LogP contribution in [0.3, 0.4) is 0 Å². The summed E-state index contributed by atoms with van der Waals surface area (Å²) >= 11 is 1.64. The first-order chi connectivity index (χ1) is 16.3. The zero-order valence-electron chi connectivity index (χ0n) is 20.0. The number of aryl methyl sites for hydroxylation is 2. The van der Waals surface area contributed by atoms with E-state index in [1.807, 2.05) is 50.4 Å². The summed E-state index contributed by atoms with van der Waals surface area (Å²) in [5.41, 5.74) is 0.881. The molecule has 1 aromatic heterocycles. The van der Waals surface area contributed by atoms with Gasteiger partial charge in [-0.15, -0.1) is 11.3 Å². The molecule has 34 heavy (non-hydrogen) atoms. The Morgan fingerprint density at radius 1 is 1.09 bits per heavy atom. The van der Waals surface area contributed by atoms with Gasteiger partial charge in [0.2, 0.25) is 5.78 Å². The third-order valence-electron chi connectivity index (χ3n) is 6.33. The molecule has 0 saturated carbocycles. The van der Waals surface area contributed by atoms with Gasteiger partial charge in [0.05, 0.1) is 11.4 Å². The molecule has 1 aliphatic rings. The molecular formula is C27H33NO5S. The van der Waals surface area contributed by atoms with E-state index >= 15 is 0 Å². The molecule has 2 heterocycles. The monoisotopic (exact) mass is 483 g/mol. The van der Waals surface area contributed by atoms with E-state index in [2.05, 4.69) is 4.98 Å². The first kappa shape index (κ1) is 25.9. The van der Waals surface area contributed by atoms with Gasteiger partial charge in [0.1, 0.15) is 12.4 Å². The lowest BCUT2D eigenvalue weighted by molar-refractivity contribution is -0.149. The van der Waals surface area contributed by atoms with Crippen LogP contribution in [-0.2, 0) is 43.4 Å². The lowest BCUT2D eigenvalue weighted by atomic mass is 9.81. The summed E-state index contributed by atoms with van der Waals surface area (Å²) in [5.74, 6) is -2.77. The molecule has 2 aromatic rings. The molecule has 0 saturated heterocycles. The molecule has 0 fully saturated rings. The number of rotatable bonds is 8. The summed E-state index contributed by atoms with van der Waals surface area (Å²) < 4.78 is 5.38. The molecule has 0 aliphatic carbocycles. The smallest absolute Gasteiger partial charge is 0.306 e. The topological polar surface area (TPSA) is 90.4 Å². The number of thiazole rings is 1. The summed E-state index contributed by atoms with van der Waals surface area (Å²) in [6, 6.07) is 9.38. The summed E-state index contributed by atoms with van der Waals surface area (Å²) in [7, 11) is 0. The average molecular weight is 484 g/mol. The molecule has 0 N–H and O–H groups in total. The van der Waals surface area contributed by atoms with Crippen LogP contribution in [0.2, 0.25) is 0 Å². The van der Waals surface area contributed by atoms with Crippen LogP contribution in [-0.4, -0.2) is 28.3 Å². The van der Waals surface area contributed by atoms with Crippen LogP contribution >= 0.6 is 11.3 Å². The fourth-order valence-corrected chi connectivity index (χ4v) is 5.21. The van der Waals surface area contributed by atoms with E-state index in [-0.39, 0.29) is 37.6 Å². The van der Waals surface area contributed by atoms with Gasteiger partial charge < -0.3 is 4.74 Å². The Kier molecular flexibility index (Phi) is 9.69.